The Labute approximate surface area is 111 Å². The van der Waals surface area contributed by atoms with Crippen LogP contribution in [-0.4, -0.2) is 62.0 Å². The molecule has 0 aliphatic carbocycles. The fourth-order valence-electron chi connectivity index (χ4n) is 3.09. The van der Waals surface area contributed by atoms with Crippen LogP contribution in [0.5, 0.6) is 0 Å². The molecule has 2 saturated heterocycles. The summed E-state index contributed by atoms with van der Waals surface area (Å²) in [6, 6.07) is 0.660. The quantitative estimate of drug-likeness (QED) is 0.813. The average molecular weight is 253 g/mol. The molecule has 0 aromatic heterocycles. The SMILES string of the molecule is CN(C)C1CCN(C(=O)CC2CCNCC2)CC1. The van der Waals surface area contributed by atoms with Crippen LogP contribution in [0, 0.1) is 5.92 Å². The van der Waals surface area contributed by atoms with Crippen molar-refractivity contribution in [3.63, 3.8) is 0 Å². The van der Waals surface area contributed by atoms with Gasteiger partial charge in [0.15, 0.2) is 0 Å². The standard InChI is InChI=1S/C14H27N3O/c1-16(2)13-5-9-17(10-6-13)14(18)11-12-3-7-15-8-4-12/h12-13,15H,3-11H2,1-2H3. The molecular formula is C14H27N3O. The first-order chi connectivity index (χ1) is 8.66. The number of nitrogens with one attached hydrogen (secondary N) is 1. The van der Waals surface area contributed by atoms with Gasteiger partial charge in [-0.3, -0.25) is 4.79 Å². The minimum atomic E-state index is 0.388. The molecule has 2 fully saturated rings. The van der Waals surface area contributed by atoms with Crippen LogP contribution in [0.1, 0.15) is 32.1 Å². The van der Waals surface area contributed by atoms with Crippen LogP contribution < -0.4 is 5.32 Å². The van der Waals surface area contributed by atoms with Crippen LogP contribution in [0.2, 0.25) is 0 Å². The smallest absolute Gasteiger partial charge is 0.222 e. The largest absolute Gasteiger partial charge is 0.343 e. The third-order valence-electron chi connectivity index (χ3n) is 4.47. The van der Waals surface area contributed by atoms with Crippen molar-refractivity contribution < 1.29 is 4.79 Å². The topological polar surface area (TPSA) is 35.6 Å². The Kier molecular flexibility index (Phi) is 5.01. The van der Waals surface area contributed by atoms with Gasteiger partial charge >= 0.3 is 0 Å². The molecule has 0 radical (unpaired) electrons. The molecule has 0 saturated carbocycles. The van der Waals surface area contributed by atoms with Crippen molar-refractivity contribution >= 4 is 5.91 Å². The van der Waals surface area contributed by atoms with E-state index < -0.39 is 0 Å². The van der Waals surface area contributed by atoms with Gasteiger partial charge in [-0.05, 0) is 58.8 Å². The van der Waals surface area contributed by atoms with Gasteiger partial charge in [-0.1, -0.05) is 0 Å². The van der Waals surface area contributed by atoms with E-state index in [-0.39, 0.29) is 0 Å². The van der Waals surface area contributed by atoms with Gasteiger partial charge in [0.25, 0.3) is 0 Å². The molecule has 0 aromatic carbocycles. The lowest BCUT2D eigenvalue weighted by atomic mass is 9.93. The minimum absolute atomic E-state index is 0.388. The molecule has 0 spiro atoms. The monoisotopic (exact) mass is 253 g/mol. The highest BCUT2D eigenvalue weighted by Gasteiger charge is 2.25. The van der Waals surface area contributed by atoms with E-state index in [0.29, 0.717) is 17.9 Å². The van der Waals surface area contributed by atoms with Crippen LogP contribution in [0.4, 0.5) is 0 Å². The van der Waals surface area contributed by atoms with Crippen LogP contribution in [0.3, 0.4) is 0 Å². The molecule has 0 aromatic rings. The van der Waals surface area contributed by atoms with Crippen LogP contribution in [-0.2, 0) is 4.79 Å². The first-order valence-electron chi connectivity index (χ1n) is 7.31. The first-order valence-corrected chi connectivity index (χ1v) is 7.31. The summed E-state index contributed by atoms with van der Waals surface area (Å²) in [7, 11) is 4.27. The maximum absolute atomic E-state index is 12.2. The number of nitrogens with zero attached hydrogens (tertiary/aromatic N) is 2. The lowest BCUT2D eigenvalue weighted by Crippen LogP contribution is -2.45. The van der Waals surface area contributed by atoms with Crippen LogP contribution in [0.25, 0.3) is 0 Å². The predicted molar refractivity (Wildman–Crippen MR) is 73.5 cm³/mol. The molecule has 4 nitrogen and oxygen atoms in total. The normalized spacial score (nSPS) is 23.6. The number of rotatable bonds is 3. The summed E-state index contributed by atoms with van der Waals surface area (Å²) < 4.78 is 0. The number of likely N-dealkylation sites (tertiary alicyclic amines) is 1. The van der Waals surface area contributed by atoms with E-state index in [1.165, 1.54) is 12.8 Å². The third-order valence-corrected chi connectivity index (χ3v) is 4.47. The van der Waals surface area contributed by atoms with E-state index in [9.17, 15) is 4.79 Å². The maximum atomic E-state index is 12.2. The number of hydrogen-bond acceptors (Lipinski definition) is 3. The van der Waals surface area contributed by atoms with E-state index >= 15 is 0 Å². The molecule has 0 unspecified atom stereocenters. The summed E-state index contributed by atoms with van der Waals surface area (Å²) in [5.41, 5.74) is 0. The summed E-state index contributed by atoms with van der Waals surface area (Å²) in [5.74, 6) is 1.00. The van der Waals surface area contributed by atoms with E-state index in [2.05, 4.69) is 29.2 Å². The van der Waals surface area contributed by atoms with E-state index in [1.54, 1.807) is 0 Å². The van der Waals surface area contributed by atoms with Crippen molar-refractivity contribution in [2.45, 2.75) is 38.1 Å². The van der Waals surface area contributed by atoms with Crippen molar-refractivity contribution in [1.29, 1.82) is 0 Å². The van der Waals surface area contributed by atoms with Gasteiger partial charge in [-0.15, -0.1) is 0 Å². The molecule has 18 heavy (non-hydrogen) atoms. The predicted octanol–water partition coefficient (Wildman–Crippen LogP) is 0.929. The first kappa shape index (κ1) is 13.8. The van der Waals surface area contributed by atoms with E-state index in [0.717, 1.165) is 45.4 Å². The highest BCUT2D eigenvalue weighted by molar-refractivity contribution is 5.76. The van der Waals surface area contributed by atoms with Gasteiger partial charge in [0.05, 0.1) is 0 Å². The molecule has 0 bridgehead atoms. The molecule has 1 amide bonds. The summed E-state index contributed by atoms with van der Waals surface area (Å²) in [6.07, 6.45) is 5.37. The zero-order valence-electron chi connectivity index (χ0n) is 11.8. The summed E-state index contributed by atoms with van der Waals surface area (Å²) in [5, 5.41) is 3.36. The van der Waals surface area contributed by atoms with Crippen molar-refractivity contribution in [2.24, 2.45) is 5.92 Å². The molecule has 2 rings (SSSR count). The van der Waals surface area contributed by atoms with Gasteiger partial charge in [0, 0.05) is 25.6 Å². The van der Waals surface area contributed by atoms with Gasteiger partial charge in [-0.2, -0.15) is 0 Å². The Morgan fingerprint density at radius 3 is 2.33 bits per heavy atom. The van der Waals surface area contributed by atoms with Gasteiger partial charge < -0.3 is 15.1 Å². The van der Waals surface area contributed by atoms with Crippen molar-refractivity contribution in [1.82, 2.24) is 15.1 Å². The molecule has 2 aliphatic rings. The molecule has 0 atom stereocenters. The van der Waals surface area contributed by atoms with E-state index in [1.807, 2.05) is 0 Å². The number of hydrogen-bond donors (Lipinski definition) is 1. The van der Waals surface area contributed by atoms with Gasteiger partial charge in [0.2, 0.25) is 5.91 Å². The number of amides is 1. The number of carbonyl (C=O) groups excluding carboxylic acids is 1. The second-order valence-corrected chi connectivity index (χ2v) is 5.97. The van der Waals surface area contributed by atoms with Crippen molar-refractivity contribution in [3.05, 3.63) is 0 Å². The molecule has 1 N–H and O–H groups in total. The summed E-state index contributed by atoms with van der Waals surface area (Å²) in [4.78, 5) is 16.6. The Hall–Kier alpha value is -0.610. The third kappa shape index (κ3) is 3.69. The Morgan fingerprint density at radius 2 is 1.78 bits per heavy atom. The minimum Gasteiger partial charge on any atom is -0.343 e. The Morgan fingerprint density at radius 1 is 1.17 bits per heavy atom. The second kappa shape index (κ2) is 6.53. The lowest BCUT2D eigenvalue weighted by molar-refractivity contribution is -0.133. The fraction of sp³-hybridized carbons (Fsp3) is 0.929. The molecule has 2 aliphatic heterocycles. The number of piperidine rings is 2. The highest BCUT2D eigenvalue weighted by Crippen LogP contribution is 2.20. The van der Waals surface area contributed by atoms with Crippen molar-refractivity contribution in [2.75, 3.05) is 40.3 Å². The molecular weight excluding hydrogens is 226 g/mol. The van der Waals surface area contributed by atoms with E-state index in [4.69, 9.17) is 0 Å². The maximum Gasteiger partial charge on any atom is 0.222 e. The zero-order valence-corrected chi connectivity index (χ0v) is 11.8. The van der Waals surface area contributed by atoms with Crippen molar-refractivity contribution in [3.8, 4) is 0 Å². The summed E-state index contributed by atoms with van der Waals surface area (Å²) in [6.45, 7) is 4.07. The average Bonchev–Trinajstić information content (AvgIpc) is 2.40. The zero-order chi connectivity index (χ0) is 13.0. The Bertz CT molecular complexity index is 266. The molecule has 2 heterocycles. The Balaban J connectivity index is 1.73. The van der Waals surface area contributed by atoms with Crippen LogP contribution in [0.15, 0.2) is 0 Å². The van der Waals surface area contributed by atoms with Gasteiger partial charge in [-0.25, -0.2) is 0 Å². The molecule has 4 heteroatoms. The van der Waals surface area contributed by atoms with Gasteiger partial charge in [0.1, 0.15) is 0 Å². The fourth-order valence-corrected chi connectivity index (χ4v) is 3.09. The second-order valence-electron chi connectivity index (χ2n) is 5.97. The highest BCUT2D eigenvalue weighted by atomic mass is 16.2. The molecule has 104 valence electrons. The lowest BCUT2D eigenvalue weighted by Gasteiger charge is -2.36. The number of carbonyl (C=O) groups is 1. The summed E-state index contributed by atoms with van der Waals surface area (Å²) >= 11 is 0. The van der Waals surface area contributed by atoms with Crippen LogP contribution >= 0.6 is 0 Å².